The standard InChI is InChI=1S/3Ag.3Ca.3Na.4H3O4P/c;;;;;;;;;4*1-5(2,3)4/h;;;;;;;;;4*(H3,1,2,3,4)/q3*+1;3*+2;3*+1;;;;/p-12. The van der Waals surface area contributed by atoms with Gasteiger partial charge in [-0.15, -0.1) is 0 Å². The molecule has 0 saturated heterocycles. The number of phosphoric acid groups is 4. The first kappa shape index (κ1) is 83.3. The van der Waals surface area contributed by atoms with E-state index in [1.807, 2.05) is 0 Å². The molecule has 29 heavy (non-hydrogen) atoms. The summed E-state index contributed by atoms with van der Waals surface area (Å²) in [5, 5.41) is 0. The number of hydrogen-bond donors (Lipinski definition) is 0. The minimum atomic E-state index is -5.39. The topological polar surface area (TPSA) is 345 Å². The van der Waals surface area contributed by atoms with Crippen LogP contribution >= 0.6 is 31.3 Å². The maximum atomic E-state index is 8.55. The van der Waals surface area contributed by atoms with Crippen molar-refractivity contribution < 1.29 is 233 Å². The summed E-state index contributed by atoms with van der Waals surface area (Å²) in [6, 6.07) is 0. The van der Waals surface area contributed by atoms with Crippen LogP contribution in [0.4, 0.5) is 0 Å². The van der Waals surface area contributed by atoms with E-state index in [2.05, 4.69) is 0 Å². The van der Waals surface area contributed by atoms with Gasteiger partial charge >= 0.3 is 269 Å². The molecule has 0 aliphatic rings. The molecule has 0 aromatic rings. The zero-order chi connectivity index (χ0) is 18.0. The van der Waals surface area contributed by atoms with E-state index in [4.69, 9.17) is 77.0 Å². The molecule has 0 radical (unpaired) electrons. The fourth-order valence-corrected chi connectivity index (χ4v) is 0. The average Bonchev–Trinajstić information content (AvgIpc) is 1.62. The van der Waals surface area contributed by atoms with Gasteiger partial charge in [0.25, 0.3) is 0 Å². The number of rotatable bonds is 0. The molecule has 0 atom stereocenters. The Morgan fingerprint density at radius 2 is 0.310 bits per heavy atom. The van der Waals surface area contributed by atoms with Crippen LogP contribution in [0, 0.1) is 0 Å². The first-order valence-corrected chi connectivity index (χ1v) is 8.76. The largest absolute Gasteiger partial charge is 2.00 e. The summed E-state index contributed by atoms with van der Waals surface area (Å²) in [5.41, 5.74) is 0. The van der Waals surface area contributed by atoms with Crippen LogP contribution < -0.4 is 147 Å². The predicted molar refractivity (Wildman–Crippen MR) is 47.7 cm³/mol. The van der Waals surface area contributed by atoms with E-state index in [0.29, 0.717) is 0 Å². The van der Waals surface area contributed by atoms with Crippen molar-refractivity contribution in [3.63, 3.8) is 0 Å². The van der Waals surface area contributed by atoms with Crippen LogP contribution in [0.1, 0.15) is 0 Å². The monoisotopic (exact) mass is 889 g/mol. The van der Waals surface area contributed by atoms with Crippen molar-refractivity contribution in [3.8, 4) is 0 Å². The average molecular weight is 893 g/mol. The zero-order valence-electron chi connectivity index (χ0n) is 14.3. The van der Waals surface area contributed by atoms with Crippen molar-refractivity contribution in [1.82, 2.24) is 0 Å². The van der Waals surface area contributed by atoms with E-state index < -0.39 is 31.3 Å². The van der Waals surface area contributed by atoms with E-state index >= 15 is 0 Å². The van der Waals surface area contributed by atoms with E-state index in [1.165, 1.54) is 0 Å². The normalized spacial score (nSPS) is 8.14. The quantitative estimate of drug-likeness (QED) is 0.161. The molecule has 29 heteroatoms. The minimum Gasteiger partial charge on any atom is -0.822 e. The van der Waals surface area contributed by atoms with Crippen LogP contribution in [-0.4, -0.2) is 113 Å². The molecule has 0 aromatic heterocycles. The maximum Gasteiger partial charge on any atom is 2.00 e. The molecule has 0 amide bonds. The molecule has 0 N–H and O–H groups in total. The van der Waals surface area contributed by atoms with Gasteiger partial charge < -0.3 is 77.0 Å². The Labute approximate surface area is 368 Å². The Bertz CT molecular complexity index is 319. The molecular weight excluding hydrogens is 893 g/mol. The van der Waals surface area contributed by atoms with Gasteiger partial charge in [-0.25, -0.2) is 0 Å². The smallest absolute Gasteiger partial charge is 0.822 e. The van der Waals surface area contributed by atoms with Crippen molar-refractivity contribution in [3.05, 3.63) is 0 Å². The first-order chi connectivity index (χ1) is 8.00. The molecule has 0 rings (SSSR count). The van der Waals surface area contributed by atoms with E-state index in [-0.39, 0.29) is 269 Å². The van der Waals surface area contributed by atoms with E-state index in [0.717, 1.165) is 0 Å². The SMILES string of the molecule is O=P([O-])([O-])[O-].O=P([O-])([O-])[O-].O=P([O-])([O-])[O-].O=P([O-])([O-])[O-].[Ag+].[Ag+].[Ag+].[Ca+2].[Ca+2].[Ca+2].[Na+].[Na+].[Na+]. The Hall–Kier alpha value is 9.44. The summed E-state index contributed by atoms with van der Waals surface area (Å²) in [7, 11) is -21.6. The molecule has 0 aliphatic carbocycles. The van der Waals surface area contributed by atoms with Crippen LogP contribution in [0.3, 0.4) is 0 Å². The summed E-state index contributed by atoms with van der Waals surface area (Å²) in [6.45, 7) is 0. The van der Waals surface area contributed by atoms with Crippen LogP contribution in [0.2, 0.25) is 0 Å². The second-order valence-corrected chi connectivity index (χ2v) is 5.37. The van der Waals surface area contributed by atoms with Crippen LogP contribution in [0.25, 0.3) is 0 Å². The molecule has 16 nitrogen and oxygen atoms in total. The van der Waals surface area contributed by atoms with Crippen molar-refractivity contribution >= 4 is 145 Å². The van der Waals surface area contributed by atoms with Gasteiger partial charge in [-0.05, 0) is 0 Å². The maximum absolute atomic E-state index is 8.55. The van der Waals surface area contributed by atoms with Gasteiger partial charge in [0.1, 0.15) is 0 Å². The van der Waals surface area contributed by atoms with Gasteiger partial charge in [0.15, 0.2) is 0 Å². The second kappa shape index (κ2) is 44.5. The first-order valence-electron chi connectivity index (χ1n) is 2.92. The van der Waals surface area contributed by atoms with Crippen molar-refractivity contribution in [1.29, 1.82) is 0 Å². The van der Waals surface area contributed by atoms with Gasteiger partial charge in [-0.3, -0.25) is 0 Å². The fraction of sp³-hybridized carbons (Fsp3) is 0. The summed E-state index contributed by atoms with van der Waals surface area (Å²) in [6.07, 6.45) is 0. The third-order valence-electron chi connectivity index (χ3n) is 0. The molecule has 0 fully saturated rings. The third-order valence-corrected chi connectivity index (χ3v) is 0. The van der Waals surface area contributed by atoms with Crippen LogP contribution in [-0.2, 0) is 85.4 Å². The van der Waals surface area contributed by atoms with E-state index in [9.17, 15) is 0 Å². The third kappa shape index (κ3) is 528. The summed E-state index contributed by atoms with van der Waals surface area (Å²) in [4.78, 5) is 103. The molecule has 0 aliphatic heterocycles. The Balaban J connectivity index is -0.00000000970. The van der Waals surface area contributed by atoms with Gasteiger partial charge in [-0.2, -0.15) is 31.3 Å². The van der Waals surface area contributed by atoms with Gasteiger partial charge in [0.2, 0.25) is 0 Å². The predicted octanol–water partition coefficient (Wildman–Crippen LogP) is -21.4. The molecule has 0 heterocycles. The number of hydrogen-bond acceptors (Lipinski definition) is 16. The molecule has 0 saturated carbocycles. The van der Waals surface area contributed by atoms with Crippen LogP contribution in [0.5, 0.6) is 0 Å². The van der Waals surface area contributed by atoms with E-state index in [1.54, 1.807) is 0 Å². The van der Waals surface area contributed by atoms with Crippen molar-refractivity contribution in [2.24, 2.45) is 0 Å². The Kier molecular flexibility index (Phi) is 128. The summed E-state index contributed by atoms with van der Waals surface area (Å²) in [5.74, 6) is 0. The van der Waals surface area contributed by atoms with Crippen molar-refractivity contribution in [2.45, 2.75) is 0 Å². The van der Waals surface area contributed by atoms with Gasteiger partial charge in [0, 0.05) is 0 Å². The second-order valence-electron chi connectivity index (χ2n) is 1.79. The van der Waals surface area contributed by atoms with Gasteiger partial charge in [-0.1, -0.05) is 0 Å². The Morgan fingerprint density at radius 1 is 0.310 bits per heavy atom. The van der Waals surface area contributed by atoms with Crippen LogP contribution in [0.15, 0.2) is 0 Å². The molecule has 158 valence electrons. The molecule has 0 aromatic carbocycles. The molecular formula is Ag3Ca3Na3O16P4. The van der Waals surface area contributed by atoms with Gasteiger partial charge in [0.05, 0.1) is 0 Å². The summed E-state index contributed by atoms with van der Waals surface area (Å²) < 4.78 is 34.2. The summed E-state index contributed by atoms with van der Waals surface area (Å²) >= 11 is 0. The van der Waals surface area contributed by atoms with Crippen molar-refractivity contribution in [2.75, 3.05) is 0 Å². The minimum absolute atomic E-state index is 0. The molecule has 0 bridgehead atoms. The Morgan fingerprint density at radius 3 is 0.310 bits per heavy atom. The fourth-order valence-electron chi connectivity index (χ4n) is 0. The zero-order valence-corrected chi connectivity index (χ0v) is 35.0. The molecule has 0 unspecified atom stereocenters. The molecule has 0 spiro atoms.